The van der Waals surface area contributed by atoms with E-state index >= 15 is 0 Å². The van der Waals surface area contributed by atoms with Gasteiger partial charge in [0.05, 0.1) is 6.54 Å². The normalized spacial score (nSPS) is 8.43. The third-order valence-electron chi connectivity index (χ3n) is 0.946. The molecule has 0 fully saturated rings. The van der Waals surface area contributed by atoms with Gasteiger partial charge in [0.15, 0.2) is 0 Å². The van der Waals surface area contributed by atoms with E-state index in [1.165, 1.54) is 11.8 Å². The second kappa shape index (κ2) is 10.0. The summed E-state index contributed by atoms with van der Waals surface area (Å²) < 4.78 is 0. The Kier molecular flexibility index (Phi) is 11.0. The van der Waals surface area contributed by atoms with Gasteiger partial charge in [0.2, 0.25) is 5.78 Å². The highest BCUT2D eigenvalue weighted by Gasteiger charge is 2.08. The number of hydrogen-bond donors (Lipinski definition) is 3. The molecule has 6 nitrogen and oxygen atoms in total. The summed E-state index contributed by atoms with van der Waals surface area (Å²) in [6.45, 7) is -0.278. The van der Waals surface area contributed by atoms with E-state index in [1.807, 2.05) is 6.26 Å². The first-order valence-corrected chi connectivity index (χ1v) is 5.02. The van der Waals surface area contributed by atoms with Crippen LogP contribution in [0.3, 0.4) is 0 Å². The van der Waals surface area contributed by atoms with E-state index in [0.717, 1.165) is 0 Å². The van der Waals surface area contributed by atoms with Crippen LogP contribution in [0.1, 0.15) is 6.42 Å². The molecular formula is C7H13NO5S. The van der Waals surface area contributed by atoms with Crippen LogP contribution < -0.4 is 5.73 Å². The first-order valence-electron chi connectivity index (χ1n) is 3.62. The molecule has 0 aromatic carbocycles. The van der Waals surface area contributed by atoms with Crippen molar-refractivity contribution in [3.8, 4) is 0 Å². The van der Waals surface area contributed by atoms with Crippen LogP contribution >= 0.6 is 11.8 Å². The molecular weight excluding hydrogens is 210 g/mol. The summed E-state index contributed by atoms with van der Waals surface area (Å²) in [4.78, 5) is 29.4. The smallest absolute Gasteiger partial charge is 0.372 e. The molecule has 0 aromatic rings. The maximum absolute atomic E-state index is 10.3. The van der Waals surface area contributed by atoms with Crippen molar-refractivity contribution in [2.24, 2.45) is 5.73 Å². The van der Waals surface area contributed by atoms with Gasteiger partial charge in [-0.2, -0.15) is 11.8 Å². The fraction of sp³-hybridized carbons (Fsp3) is 0.571. The lowest BCUT2D eigenvalue weighted by atomic mass is 10.3. The molecule has 0 heterocycles. The Hall–Kier alpha value is -1.08. The molecule has 0 aromatic heterocycles. The molecule has 0 radical (unpaired) electrons. The minimum atomic E-state index is -1.33. The van der Waals surface area contributed by atoms with E-state index in [-0.39, 0.29) is 13.0 Å². The van der Waals surface area contributed by atoms with Gasteiger partial charge in [0.25, 0.3) is 0 Å². The topological polar surface area (TPSA) is 118 Å². The molecule has 0 bridgehead atoms. The second-order valence-electron chi connectivity index (χ2n) is 2.07. The van der Waals surface area contributed by atoms with Crippen molar-refractivity contribution in [2.45, 2.75) is 6.42 Å². The number of ketones is 1. The Labute approximate surface area is 85.5 Å². The second-order valence-corrected chi connectivity index (χ2v) is 3.05. The molecule has 0 saturated carbocycles. The largest absolute Gasteiger partial charge is 0.480 e. The minimum Gasteiger partial charge on any atom is -0.480 e. The third-order valence-corrected chi connectivity index (χ3v) is 1.56. The fourth-order valence-corrected chi connectivity index (χ4v) is 0.691. The van der Waals surface area contributed by atoms with Crippen LogP contribution in [0.25, 0.3) is 0 Å². The summed E-state index contributed by atoms with van der Waals surface area (Å²) in [7, 11) is 0. The molecule has 0 atom stereocenters. The van der Waals surface area contributed by atoms with Gasteiger partial charge < -0.3 is 15.9 Å². The summed E-state index contributed by atoms with van der Waals surface area (Å²) in [5.74, 6) is -2.41. The van der Waals surface area contributed by atoms with Gasteiger partial charge in [-0.25, -0.2) is 4.79 Å². The van der Waals surface area contributed by atoms with Gasteiger partial charge in [-0.05, 0) is 6.26 Å². The molecule has 0 unspecified atom stereocenters. The molecule has 0 spiro atoms. The standard InChI is InChI=1S/C5H8O3S.C2H5NO2/c1-9-3-2-4(6)5(7)8;3-1-2(4)5/h2-3H2,1H3,(H,7,8);1,3H2,(H,4,5). The number of Topliss-reactive ketones (excluding diaryl/α,β-unsaturated/α-hetero) is 1. The summed E-state index contributed by atoms with van der Waals surface area (Å²) >= 11 is 1.46. The van der Waals surface area contributed by atoms with Crippen molar-refractivity contribution in [1.29, 1.82) is 0 Å². The molecule has 0 amide bonds. The summed E-state index contributed by atoms with van der Waals surface area (Å²) in [5, 5.41) is 15.6. The van der Waals surface area contributed by atoms with Crippen molar-refractivity contribution in [2.75, 3.05) is 18.6 Å². The zero-order chi connectivity index (χ0) is 11.6. The van der Waals surface area contributed by atoms with Gasteiger partial charge in [-0.1, -0.05) is 0 Å². The van der Waals surface area contributed by atoms with Gasteiger partial charge >= 0.3 is 11.9 Å². The Bertz CT molecular complexity index is 206. The first-order chi connectivity index (χ1) is 6.45. The maximum Gasteiger partial charge on any atom is 0.372 e. The summed E-state index contributed by atoms with van der Waals surface area (Å²) in [6, 6.07) is 0. The highest BCUT2D eigenvalue weighted by atomic mass is 32.2. The number of carbonyl (C=O) groups excluding carboxylic acids is 1. The lowest BCUT2D eigenvalue weighted by Gasteiger charge is -1.89. The van der Waals surface area contributed by atoms with Gasteiger partial charge in [-0.15, -0.1) is 0 Å². The molecule has 0 rings (SSSR count). The van der Waals surface area contributed by atoms with Crippen LogP contribution in [0.4, 0.5) is 0 Å². The average Bonchev–Trinajstić information content (AvgIpc) is 2.14. The monoisotopic (exact) mass is 223 g/mol. The Morgan fingerprint density at radius 1 is 1.29 bits per heavy atom. The molecule has 4 N–H and O–H groups in total. The zero-order valence-electron chi connectivity index (χ0n) is 7.73. The molecule has 14 heavy (non-hydrogen) atoms. The van der Waals surface area contributed by atoms with E-state index in [0.29, 0.717) is 5.75 Å². The maximum atomic E-state index is 10.3. The number of nitrogens with two attached hydrogens (primary N) is 1. The Morgan fingerprint density at radius 2 is 1.71 bits per heavy atom. The first kappa shape index (κ1) is 15.4. The number of carboxylic acids is 2. The quantitative estimate of drug-likeness (QED) is 0.534. The number of hydrogen-bond acceptors (Lipinski definition) is 5. The average molecular weight is 223 g/mol. The van der Waals surface area contributed by atoms with Crippen molar-refractivity contribution in [1.82, 2.24) is 0 Å². The van der Waals surface area contributed by atoms with Gasteiger partial charge in [-0.3, -0.25) is 9.59 Å². The van der Waals surface area contributed by atoms with Crippen LogP contribution in [-0.2, 0) is 14.4 Å². The predicted molar refractivity (Wildman–Crippen MR) is 52.3 cm³/mol. The van der Waals surface area contributed by atoms with Crippen LogP contribution in [0, 0.1) is 0 Å². The number of carbonyl (C=O) groups is 3. The van der Waals surface area contributed by atoms with Crippen molar-refractivity contribution in [3.05, 3.63) is 0 Å². The van der Waals surface area contributed by atoms with Crippen molar-refractivity contribution >= 4 is 29.5 Å². The Morgan fingerprint density at radius 3 is 1.93 bits per heavy atom. The van der Waals surface area contributed by atoms with Crippen LogP contribution in [0.2, 0.25) is 0 Å². The highest BCUT2D eigenvalue weighted by molar-refractivity contribution is 7.98. The van der Waals surface area contributed by atoms with Crippen LogP contribution in [0.5, 0.6) is 0 Å². The van der Waals surface area contributed by atoms with E-state index in [9.17, 15) is 14.4 Å². The van der Waals surface area contributed by atoms with Crippen molar-refractivity contribution in [3.63, 3.8) is 0 Å². The predicted octanol–water partition coefficient (Wildman–Crippen LogP) is -0.577. The molecule has 0 saturated heterocycles. The highest BCUT2D eigenvalue weighted by Crippen LogP contribution is 1.95. The zero-order valence-corrected chi connectivity index (χ0v) is 8.54. The number of rotatable bonds is 5. The summed E-state index contributed by atoms with van der Waals surface area (Å²) in [6.07, 6.45) is 1.96. The SMILES string of the molecule is CSCCC(=O)C(=O)O.NCC(=O)O. The van der Waals surface area contributed by atoms with E-state index in [2.05, 4.69) is 5.73 Å². The minimum absolute atomic E-state index is 0.135. The van der Waals surface area contributed by atoms with Crippen LogP contribution in [-0.4, -0.2) is 46.5 Å². The third kappa shape index (κ3) is 13.5. The van der Waals surface area contributed by atoms with Crippen LogP contribution in [0.15, 0.2) is 0 Å². The van der Waals surface area contributed by atoms with Crippen molar-refractivity contribution < 1.29 is 24.6 Å². The number of thioether (sulfide) groups is 1. The van der Waals surface area contributed by atoms with Gasteiger partial charge in [0.1, 0.15) is 0 Å². The van der Waals surface area contributed by atoms with Gasteiger partial charge in [0, 0.05) is 12.2 Å². The van der Waals surface area contributed by atoms with E-state index in [4.69, 9.17) is 10.2 Å². The molecule has 0 aliphatic heterocycles. The molecule has 0 aliphatic rings. The Balaban J connectivity index is 0. The summed E-state index contributed by atoms with van der Waals surface area (Å²) in [5.41, 5.74) is 4.57. The number of carboxylic acid groups (broad SMARTS) is 2. The lowest BCUT2D eigenvalue weighted by molar-refractivity contribution is -0.148. The fourth-order valence-electron chi connectivity index (χ4n) is 0.302. The molecule has 7 heteroatoms. The number of aliphatic carboxylic acids is 2. The molecule has 82 valence electrons. The molecule has 0 aliphatic carbocycles. The van der Waals surface area contributed by atoms with E-state index in [1.54, 1.807) is 0 Å². The lowest BCUT2D eigenvalue weighted by Crippen LogP contribution is -2.12. The van der Waals surface area contributed by atoms with E-state index < -0.39 is 17.7 Å².